The molecule has 3 saturated carbocycles. The number of rotatable bonds is 17. The Kier molecular flexibility index (Phi) is 28.4. The highest BCUT2D eigenvalue weighted by atomic mass is 35.5. The maximum Gasteiger partial charge on any atom is 0.140 e. The Morgan fingerprint density at radius 2 is 1.24 bits per heavy atom. The first-order valence-corrected chi connectivity index (χ1v) is 30.1. The van der Waals surface area contributed by atoms with Crippen molar-refractivity contribution < 1.29 is 90.8 Å². The number of quaternary nitrogens is 1. The van der Waals surface area contributed by atoms with Crippen LogP contribution in [0, 0.1) is 29.6 Å². The molecule has 0 amide bonds. The molecule has 0 spiro atoms. The first-order chi connectivity index (χ1) is 32.7. The first kappa shape index (κ1) is 66.7. The van der Waals surface area contributed by atoms with Crippen LogP contribution in [0.25, 0.3) is 0 Å². The number of ketones is 1. The van der Waals surface area contributed by atoms with Gasteiger partial charge in [0.05, 0.1) is 50.2 Å². The minimum Gasteiger partial charge on any atom is -0.748 e. The molecule has 3 fully saturated rings. The third-order valence-corrected chi connectivity index (χ3v) is 17.3. The van der Waals surface area contributed by atoms with Crippen molar-refractivity contribution in [2.45, 2.75) is 108 Å². The Hall–Kier alpha value is -2.32. The minimum absolute atomic E-state index is 0.0311. The average Bonchev–Trinajstić information content (AvgIpc) is 3.61. The molecule has 0 aromatic heterocycles. The predicted octanol–water partition coefficient (Wildman–Crippen LogP) is 4.02. The van der Waals surface area contributed by atoms with Crippen LogP contribution in [0.4, 0.5) is 0 Å². The highest BCUT2D eigenvalue weighted by Crippen LogP contribution is 2.64. The molecule has 0 aliphatic heterocycles. The summed E-state index contributed by atoms with van der Waals surface area (Å²) in [5, 5.41) is 25.8. The number of aryl methyl sites for hydroxylation is 1. The monoisotopic (exact) mass is 1140 g/mol. The molecule has 1 N–H and O–H groups in total. The number of carbonyl (C=O) groups excluding carboxylic acids is 1. The van der Waals surface area contributed by atoms with Crippen molar-refractivity contribution in [2.75, 3.05) is 37.1 Å². The van der Waals surface area contributed by atoms with Gasteiger partial charge in [0, 0.05) is 75.8 Å². The summed E-state index contributed by atoms with van der Waals surface area (Å²) < 4.78 is 128. The molecule has 3 aliphatic rings. The second kappa shape index (κ2) is 30.3. The van der Waals surface area contributed by atoms with Gasteiger partial charge < -0.3 is 33.6 Å². The largest absolute Gasteiger partial charge is 0.748 e. The molecule has 20 nitrogen and oxygen atoms in total. The van der Waals surface area contributed by atoms with E-state index >= 15 is 0 Å². The molecule has 6 rings (SSSR count). The van der Waals surface area contributed by atoms with Gasteiger partial charge in [-0.05, 0) is 91.8 Å². The summed E-state index contributed by atoms with van der Waals surface area (Å²) in [5.74, 6) is 1.09. The molecule has 3 aromatic rings. The third kappa shape index (κ3) is 23.0. The highest BCUT2D eigenvalue weighted by Gasteiger charge is 2.64. The summed E-state index contributed by atoms with van der Waals surface area (Å²) in [5.41, 5.74) is 2.53. The van der Waals surface area contributed by atoms with E-state index in [1.807, 2.05) is 19.1 Å². The van der Waals surface area contributed by atoms with Crippen LogP contribution in [-0.4, -0.2) is 101 Å². The van der Waals surface area contributed by atoms with E-state index in [2.05, 4.69) is 72.7 Å². The number of fused-ring (bicyclic) bond motifs is 2. The molecule has 0 heterocycles. The van der Waals surface area contributed by atoms with Crippen LogP contribution >= 0.6 is 35.7 Å². The Bertz CT molecular complexity index is 2500. The van der Waals surface area contributed by atoms with Gasteiger partial charge in [0.1, 0.15) is 26.0 Å². The van der Waals surface area contributed by atoms with Gasteiger partial charge in [-0.1, -0.05) is 101 Å². The lowest BCUT2D eigenvalue weighted by atomic mass is 9.58. The summed E-state index contributed by atoms with van der Waals surface area (Å²) in [4.78, 5) is 13.2. The molecular weight excluding hydrogens is 1070 g/mol. The number of benzene rings is 3. The maximum absolute atomic E-state index is 12.0. The quantitative estimate of drug-likeness (QED) is 0.0656. The lowest BCUT2D eigenvalue weighted by molar-refractivity contribution is -0.893. The zero-order valence-electron chi connectivity index (χ0n) is 40.6. The third-order valence-electron chi connectivity index (χ3n) is 12.4. The maximum atomic E-state index is 12.0. The second-order valence-electron chi connectivity index (χ2n) is 17.9. The van der Waals surface area contributed by atoms with E-state index in [4.69, 9.17) is 16.9 Å². The minimum atomic E-state index is -4.27. The molecule has 0 radical (unpaired) electrons. The molecule has 27 heteroatoms. The zero-order valence-corrected chi connectivity index (χ0v) is 46.3. The van der Waals surface area contributed by atoms with Gasteiger partial charge >= 0.3 is 0 Å². The highest BCUT2D eigenvalue weighted by molar-refractivity contribution is 7.96. The van der Waals surface area contributed by atoms with Crippen LogP contribution in [0.1, 0.15) is 90.7 Å². The average molecular weight is 1140 g/mol. The number of likely N-dealkylation sites (N-methyl/N-ethyl adjacent to an activating group) is 1. The second-order valence-corrected chi connectivity index (χ2v) is 25.8. The molecule has 2 bridgehead atoms. The van der Waals surface area contributed by atoms with Gasteiger partial charge in [0.25, 0.3) is 0 Å². The van der Waals surface area contributed by atoms with Crippen molar-refractivity contribution in [1.29, 1.82) is 0 Å². The van der Waals surface area contributed by atoms with E-state index < -0.39 is 46.2 Å². The fourth-order valence-electron chi connectivity index (χ4n) is 8.40. The molecule has 0 saturated heterocycles. The number of Topliss-reactive ketones (excluding diaryl/α,β-unsaturated/α-hetero) is 1. The smallest absolute Gasteiger partial charge is 0.140 e. The molecular formula is C44H63ClNO19S6-5. The predicted molar refractivity (Wildman–Crippen MR) is 259 cm³/mol. The summed E-state index contributed by atoms with van der Waals surface area (Å²) >= 11 is 7.46. The van der Waals surface area contributed by atoms with E-state index in [0.29, 0.717) is 47.4 Å². The van der Waals surface area contributed by atoms with Crippen molar-refractivity contribution in [3.63, 3.8) is 0 Å². The van der Waals surface area contributed by atoms with Crippen LogP contribution < -0.4 is 15.4 Å². The van der Waals surface area contributed by atoms with Crippen LogP contribution in [0.5, 0.6) is 0 Å². The number of hydrogen-bond donors (Lipinski definition) is 1. The number of nitrogens with one attached hydrogen (secondary N) is 1. The van der Waals surface area contributed by atoms with Gasteiger partial charge in [-0.3, -0.25) is 14.9 Å². The Morgan fingerprint density at radius 3 is 1.59 bits per heavy atom. The zero-order chi connectivity index (χ0) is 54.5. The lowest BCUT2D eigenvalue weighted by Gasteiger charge is -2.49. The number of carbonyl (C=O) groups is 1. The Labute approximate surface area is 432 Å². The van der Waals surface area contributed by atoms with Gasteiger partial charge in [0.15, 0.2) is 0 Å². The van der Waals surface area contributed by atoms with Crippen molar-refractivity contribution in [2.24, 2.45) is 22.7 Å². The summed E-state index contributed by atoms with van der Waals surface area (Å²) in [6.45, 7) is 12.1. The molecule has 3 atom stereocenters. The molecule has 406 valence electrons. The van der Waals surface area contributed by atoms with Gasteiger partial charge in [-0.15, -0.1) is 0 Å². The molecule has 2 unspecified atom stereocenters. The summed E-state index contributed by atoms with van der Waals surface area (Å²) in [6.07, 6.45) is 8.03. The van der Waals surface area contributed by atoms with Crippen molar-refractivity contribution in [1.82, 2.24) is 0 Å². The van der Waals surface area contributed by atoms with E-state index in [9.17, 15) is 61.9 Å². The normalized spacial score (nSPS) is 19.2. The van der Waals surface area contributed by atoms with Crippen LogP contribution in [0.2, 0.25) is 5.02 Å². The molecule has 3 aliphatic carbocycles. The van der Waals surface area contributed by atoms with Gasteiger partial charge in [0.2, 0.25) is 0 Å². The van der Waals surface area contributed by atoms with Crippen molar-refractivity contribution in [3.8, 4) is 0 Å². The molecule has 3 aromatic carbocycles. The SMILES string of the molecule is CC(C)CC([NH+](C)C)C1(c2ccc(Cl)cc2)CCC1.CC1(C)[C@@H]2CCC1(CSOO[O-])C(=O)C2.CCS(=O)(=O)[O-].Cc1ccc(S(=O)(=O)[O-])cc1.O=S(=O)([O-])CCSOO[O-].O=S(=O)([O-])c1ccccc1. The van der Waals surface area contributed by atoms with E-state index in [1.165, 1.54) is 74.6 Å². The lowest BCUT2D eigenvalue weighted by Crippen LogP contribution is -3.12. The number of halogens is 1. The first-order valence-electron chi connectivity index (χ1n) is 21.9. The topological polar surface area (TPSA) is 333 Å². The molecule has 71 heavy (non-hydrogen) atoms. The fourth-order valence-corrected chi connectivity index (χ4v) is 11.6. The summed E-state index contributed by atoms with van der Waals surface area (Å²) in [7, 11) is -12.0. The standard InChI is InChI=1S/C17H26ClN.C10H16O4S.C7H8O3S.C6H6O3S.C2H6O6S2.C2H6O3S/c1-13(2)12-16(19(3)4)17(10-5-11-17)14-6-8-15(18)9-7-14;1-9(2)7-3-4-10(9,8(11)5-7)6-15-14-13-12;1-6-2-4-7(5-3-6)11(8,9)10;7-10(8,9)6-4-2-1-3-5-6;3-7-8-9-1-2-10(4,5)6;1-2-6(3,4)5/h6-9,13,16H,5,10-12H2,1-4H3;7,12H,3-6H2,1-2H3;2-5H,1H3,(H,8,9,10);1-5H,(H,7,8,9);3H,1-2H2,(H,4,5,6);2H2,1H3,(H,3,4,5)/p-5/t;7-,10?;;;;/m.1..../s1. The van der Waals surface area contributed by atoms with E-state index in [-0.39, 0.29) is 32.1 Å². The van der Waals surface area contributed by atoms with Gasteiger partial charge in [-0.25, -0.2) is 33.7 Å². The summed E-state index contributed by atoms with van der Waals surface area (Å²) in [6, 6.07) is 22.3. The van der Waals surface area contributed by atoms with Gasteiger partial charge in [-0.2, -0.15) is 8.67 Å². The fraction of sp³-hybridized carbons (Fsp3) is 0.568. The van der Waals surface area contributed by atoms with E-state index in [1.54, 1.807) is 23.1 Å². The number of hydrogen-bond acceptors (Lipinski definition) is 21. The van der Waals surface area contributed by atoms with Crippen LogP contribution in [0.3, 0.4) is 0 Å². The Balaban J connectivity index is 0.000000441. The van der Waals surface area contributed by atoms with E-state index in [0.717, 1.165) is 41.4 Å². The van der Waals surface area contributed by atoms with Crippen molar-refractivity contribution >= 4 is 81.9 Å². The Morgan fingerprint density at radius 1 is 0.746 bits per heavy atom. The van der Waals surface area contributed by atoms with Crippen LogP contribution in [-0.2, 0) is 69.4 Å². The van der Waals surface area contributed by atoms with Crippen LogP contribution in [0.15, 0.2) is 88.7 Å². The van der Waals surface area contributed by atoms with Crippen molar-refractivity contribution in [3.05, 3.63) is 95.0 Å².